The Kier molecular flexibility index (Phi) is 7.70. The lowest BCUT2D eigenvalue weighted by molar-refractivity contribution is 0.0292. The van der Waals surface area contributed by atoms with E-state index in [-0.39, 0.29) is 19.0 Å². The molecule has 1 aromatic carbocycles. The maximum absolute atomic E-state index is 12.5. The number of amides is 2. The van der Waals surface area contributed by atoms with E-state index in [0.717, 1.165) is 5.56 Å². The van der Waals surface area contributed by atoms with Gasteiger partial charge in [-0.1, -0.05) is 35.5 Å². The Hall–Kier alpha value is -2.77. The summed E-state index contributed by atoms with van der Waals surface area (Å²) < 4.78 is 10.7. The molecule has 0 saturated carbocycles. The first-order valence-electron chi connectivity index (χ1n) is 10.1. The first-order valence-corrected chi connectivity index (χ1v) is 10.1. The highest BCUT2D eigenvalue weighted by Gasteiger charge is 2.35. The summed E-state index contributed by atoms with van der Waals surface area (Å²) in [5, 5.41) is 7.01. The molecular weight excluding hydrogens is 386 g/mol. The number of alkyl carbamates (subject to hydrolysis) is 1. The summed E-state index contributed by atoms with van der Waals surface area (Å²) in [6.07, 6.45) is -0.930. The number of nitrogens with zero attached hydrogens (tertiary/aromatic N) is 2. The van der Waals surface area contributed by atoms with Crippen LogP contribution < -0.4 is 5.32 Å². The first-order chi connectivity index (χ1) is 13.9. The zero-order valence-electron chi connectivity index (χ0n) is 18.7. The van der Waals surface area contributed by atoms with Crippen LogP contribution in [0.5, 0.6) is 0 Å². The first kappa shape index (κ1) is 23.5. The van der Waals surface area contributed by atoms with Gasteiger partial charge in [0.15, 0.2) is 0 Å². The fraction of sp³-hybridized carbons (Fsp3) is 0.591. The number of oxime groups is 1. The molecule has 1 aromatic rings. The molecule has 1 fully saturated rings. The van der Waals surface area contributed by atoms with Crippen molar-refractivity contribution in [3.05, 3.63) is 35.9 Å². The topological polar surface area (TPSA) is 89.5 Å². The van der Waals surface area contributed by atoms with Crippen LogP contribution in [-0.4, -0.2) is 53.6 Å². The Bertz CT molecular complexity index is 750. The van der Waals surface area contributed by atoms with Crippen LogP contribution in [0.1, 0.15) is 47.1 Å². The summed E-state index contributed by atoms with van der Waals surface area (Å²) >= 11 is 0. The number of carbonyl (C=O) groups is 2. The summed E-state index contributed by atoms with van der Waals surface area (Å²) in [6.45, 7) is 12.1. The van der Waals surface area contributed by atoms with Gasteiger partial charge in [-0.25, -0.2) is 9.59 Å². The van der Waals surface area contributed by atoms with Crippen LogP contribution in [0.25, 0.3) is 0 Å². The highest BCUT2D eigenvalue weighted by atomic mass is 16.6. The maximum Gasteiger partial charge on any atom is 0.410 e. The maximum atomic E-state index is 12.5. The van der Waals surface area contributed by atoms with Gasteiger partial charge in [0, 0.05) is 19.0 Å². The molecule has 0 aliphatic carbocycles. The molecule has 0 radical (unpaired) electrons. The molecule has 2 amide bonds. The van der Waals surface area contributed by atoms with Crippen LogP contribution in [0.4, 0.5) is 9.59 Å². The molecule has 1 unspecified atom stereocenters. The molecule has 1 aliphatic heterocycles. The monoisotopic (exact) mass is 419 g/mol. The van der Waals surface area contributed by atoms with E-state index in [2.05, 4.69) is 10.5 Å². The Balaban J connectivity index is 2.02. The van der Waals surface area contributed by atoms with Gasteiger partial charge in [-0.2, -0.15) is 0 Å². The number of benzene rings is 1. The molecule has 166 valence electrons. The molecule has 1 N–H and O–H groups in total. The second-order valence-corrected chi connectivity index (χ2v) is 9.28. The number of hydrogen-bond donors (Lipinski definition) is 1. The molecule has 0 spiro atoms. The van der Waals surface area contributed by atoms with Gasteiger partial charge in [-0.15, -0.1) is 0 Å². The minimum atomic E-state index is -0.592. The molecule has 0 bridgehead atoms. The van der Waals surface area contributed by atoms with E-state index >= 15 is 0 Å². The van der Waals surface area contributed by atoms with Crippen LogP contribution >= 0.6 is 0 Å². The SMILES string of the molecule is CC(C)(C)OC(=O)NCC1CN(C(=O)OC(C)(C)C)C/C1=N\OCc1ccccc1. The minimum absolute atomic E-state index is 0.194. The predicted molar refractivity (Wildman–Crippen MR) is 114 cm³/mol. The van der Waals surface area contributed by atoms with Crippen molar-refractivity contribution in [3.63, 3.8) is 0 Å². The van der Waals surface area contributed by atoms with Gasteiger partial charge in [0.2, 0.25) is 0 Å². The quantitative estimate of drug-likeness (QED) is 0.730. The standard InChI is InChI=1S/C22H33N3O5/c1-21(2,3)29-19(26)23-12-17-13-25(20(27)30-22(4,5)6)14-18(17)24-28-15-16-10-8-7-9-11-16/h7-11,17H,12-15H2,1-6H3,(H,23,26)/b24-18+. The summed E-state index contributed by atoms with van der Waals surface area (Å²) in [5.41, 5.74) is 0.489. The van der Waals surface area contributed by atoms with Gasteiger partial charge in [-0.05, 0) is 47.1 Å². The third-order valence-corrected chi connectivity index (χ3v) is 4.06. The van der Waals surface area contributed by atoms with Gasteiger partial charge in [0.25, 0.3) is 0 Å². The van der Waals surface area contributed by atoms with E-state index in [1.807, 2.05) is 51.1 Å². The Morgan fingerprint density at radius 3 is 2.30 bits per heavy atom. The number of hydrogen-bond acceptors (Lipinski definition) is 6. The van der Waals surface area contributed by atoms with E-state index in [0.29, 0.717) is 18.9 Å². The van der Waals surface area contributed by atoms with Gasteiger partial charge in [0.05, 0.1) is 12.3 Å². The second-order valence-electron chi connectivity index (χ2n) is 9.28. The predicted octanol–water partition coefficient (Wildman–Crippen LogP) is 3.95. The summed E-state index contributed by atoms with van der Waals surface area (Å²) in [6, 6.07) is 9.69. The highest BCUT2D eigenvalue weighted by molar-refractivity contribution is 5.94. The lowest BCUT2D eigenvalue weighted by Gasteiger charge is -2.24. The van der Waals surface area contributed by atoms with Crippen molar-refractivity contribution in [2.24, 2.45) is 11.1 Å². The van der Waals surface area contributed by atoms with Crippen molar-refractivity contribution in [1.82, 2.24) is 10.2 Å². The van der Waals surface area contributed by atoms with Crippen LogP contribution in [0.2, 0.25) is 0 Å². The molecule has 2 rings (SSSR count). The summed E-state index contributed by atoms with van der Waals surface area (Å²) in [7, 11) is 0. The Morgan fingerprint density at radius 2 is 1.70 bits per heavy atom. The fourth-order valence-corrected chi connectivity index (χ4v) is 2.80. The molecule has 1 aliphatic rings. The van der Waals surface area contributed by atoms with Crippen molar-refractivity contribution < 1.29 is 23.9 Å². The van der Waals surface area contributed by atoms with Crippen molar-refractivity contribution in [2.45, 2.75) is 59.4 Å². The zero-order chi connectivity index (χ0) is 22.4. The Labute approximate surface area is 178 Å². The average molecular weight is 420 g/mol. The lowest BCUT2D eigenvalue weighted by Crippen LogP contribution is -2.38. The van der Waals surface area contributed by atoms with E-state index in [1.54, 1.807) is 25.7 Å². The third kappa shape index (κ3) is 8.31. The number of nitrogens with one attached hydrogen (secondary N) is 1. The van der Waals surface area contributed by atoms with Gasteiger partial charge in [0.1, 0.15) is 17.8 Å². The largest absolute Gasteiger partial charge is 0.444 e. The van der Waals surface area contributed by atoms with Gasteiger partial charge >= 0.3 is 12.2 Å². The molecular formula is C22H33N3O5. The van der Waals surface area contributed by atoms with Crippen molar-refractivity contribution >= 4 is 17.9 Å². The van der Waals surface area contributed by atoms with Crippen LogP contribution in [0.3, 0.4) is 0 Å². The molecule has 1 heterocycles. The molecule has 30 heavy (non-hydrogen) atoms. The number of likely N-dealkylation sites (tertiary alicyclic amines) is 1. The minimum Gasteiger partial charge on any atom is -0.444 e. The second kappa shape index (κ2) is 9.82. The van der Waals surface area contributed by atoms with Gasteiger partial charge in [-0.3, -0.25) is 0 Å². The average Bonchev–Trinajstić information content (AvgIpc) is 3.01. The molecule has 1 atom stereocenters. The van der Waals surface area contributed by atoms with E-state index < -0.39 is 23.4 Å². The Morgan fingerprint density at radius 1 is 1.07 bits per heavy atom. The van der Waals surface area contributed by atoms with Crippen LogP contribution in [-0.2, 0) is 20.9 Å². The third-order valence-electron chi connectivity index (χ3n) is 4.06. The summed E-state index contributed by atoms with van der Waals surface area (Å²) in [4.78, 5) is 31.6. The molecule has 8 nitrogen and oxygen atoms in total. The van der Waals surface area contributed by atoms with Crippen molar-refractivity contribution in [1.29, 1.82) is 0 Å². The van der Waals surface area contributed by atoms with Crippen LogP contribution in [0, 0.1) is 5.92 Å². The van der Waals surface area contributed by atoms with Gasteiger partial charge < -0.3 is 24.5 Å². The molecule has 0 aromatic heterocycles. The van der Waals surface area contributed by atoms with Crippen molar-refractivity contribution in [3.8, 4) is 0 Å². The zero-order valence-corrected chi connectivity index (χ0v) is 18.7. The number of carbonyl (C=O) groups excluding carboxylic acids is 2. The van der Waals surface area contributed by atoms with E-state index in [9.17, 15) is 9.59 Å². The lowest BCUT2D eigenvalue weighted by atomic mass is 10.1. The molecule has 1 saturated heterocycles. The van der Waals surface area contributed by atoms with Crippen molar-refractivity contribution in [2.75, 3.05) is 19.6 Å². The highest BCUT2D eigenvalue weighted by Crippen LogP contribution is 2.19. The smallest absolute Gasteiger partial charge is 0.410 e. The number of ether oxygens (including phenoxy) is 2. The summed E-state index contributed by atoms with van der Waals surface area (Å²) in [5.74, 6) is -0.194. The normalized spacial score (nSPS) is 18.3. The molecule has 8 heteroatoms. The van der Waals surface area contributed by atoms with Crippen LogP contribution in [0.15, 0.2) is 35.5 Å². The van der Waals surface area contributed by atoms with E-state index in [4.69, 9.17) is 14.3 Å². The van der Waals surface area contributed by atoms with E-state index in [1.165, 1.54) is 0 Å². The number of rotatable bonds is 5. The fourth-order valence-electron chi connectivity index (χ4n) is 2.80.